The number of carbonyl (C=O) groups is 2. The zero-order valence-electron chi connectivity index (χ0n) is 24.6. The molecule has 2 aromatic heterocycles. The Hall–Kier alpha value is -3.96. The number of aliphatic hydroxyl groups is 1. The summed E-state index contributed by atoms with van der Waals surface area (Å²) in [6.45, 7) is 6.41. The molecule has 0 spiro atoms. The number of rotatable bonds is 12. The molecule has 1 fully saturated rings. The predicted molar refractivity (Wildman–Crippen MR) is 166 cm³/mol. The molecule has 0 unspecified atom stereocenters. The summed E-state index contributed by atoms with van der Waals surface area (Å²) >= 11 is 1.39. The van der Waals surface area contributed by atoms with Gasteiger partial charge in [0.15, 0.2) is 5.58 Å². The maximum atomic E-state index is 13.8. The van der Waals surface area contributed by atoms with Gasteiger partial charge < -0.3 is 29.4 Å². The van der Waals surface area contributed by atoms with Crippen LogP contribution in [0.4, 0.5) is 10.8 Å². The van der Waals surface area contributed by atoms with Crippen LogP contribution in [0.25, 0.3) is 11.1 Å². The third-order valence-electron chi connectivity index (χ3n) is 7.43. The minimum atomic E-state index is -1.06. The smallest absolute Gasteiger partial charge is 0.407 e. The van der Waals surface area contributed by atoms with Crippen LogP contribution in [0, 0.1) is 5.92 Å². The van der Waals surface area contributed by atoms with E-state index < -0.39 is 18.2 Å². The Bertz CT molecular complexity index is 1470. The largest absolute Gasteiger partial charge is 0.444 e. The lowest BCUT2D eigenvalue weighted by Crippen LogP contribution is -2.51. The molecule has 43 heavy (non-hydrogen) atoms. The van der Waals surface area contributed by atoms with Crippen LogP contribution < -0.4 is 10.2 Å². The Morgan fingerprint density at radius 2 is 1.91 bits per heavy atom. The van der Waals surface area contributed by atoms with E-state index in [-0.39, 0.29) is 25.0 Å². The van der Waals surface area contributed by atoms with E-state index in [0.29, 0.717) is 35.6 Å². The highest BCUT2D eigenvalue weighted by molar-refractivity contribution is 7.09. The van der Waals surface area contributed by atoms with Gasteiger partial charge in [-0.3, -0.25) is 9.78 Å². The van der Waals surface area contributed by atoms with Gasteiger partial charge in [0, 0.05) is 37.9 Å². The topological polar surface area (TPSA) is 121 Å². The number of aliphatic hydroxyl groups excluding tert-OH is 1. The van der Waals surface area contributed by atoms with E-state index in [1.807, 2.05) is 50.2 Å². The first-order chi connectivity index (χ1) is 20.9. The summed E-state index contributed by atoms with van der Waals surface area (Å²) in [5.74, 6) is -0.0717. The molecule has 1 aliphatic rings. The number of benzene rings is 2. The minimum Gasteiger partial charge on any atom is -0.444 e. The van der Waals surface area contributed by atoms with Gasteiger partial charge in [0.25, 0.3) is 11.9 Å². The Balaban J connectivity index is 1.31. The van der Waals surface area contributed by atoms with E-state index in [9.17, 15) is 14.7 Å². The van der Waals surface area contributed by atoms with E-state index in [0.717, 1.165) is 36.4 Å². The SMILES string of the molecule is CC(C)CN(C[C@@H](O)[C@H](Cc1ccccc1)NC(=O)OCc1cncs1)C(=O)c1ccc2nc(N3CCCCC3)oc2c1. The molecular formula is C32H39N5O5S. The first kappa shape index (κ1) is 30.5. The number of amides is 2. The molecule has 4 aromatic rings. The number of oxazole rings is 1. The molecule has 3 heterocycles. The van der Waals surface area contributed by atoms with Crippen molar-refractivity contribution in [2.45, 2.75) is 58.3 Å². The minimum absolute atomic E-state index is 0.0249. The second kappa shape index (κ2) is 14.5. The molecule has 2 atom stereocenters. The van der Waals surface area contributed by atoms with E-state index >= 15 is 0 Å². The zero-order chi connectivity index (χ0) is 30.2. The molecule has 1 saturated heterocycles. The van der Waals surface area contributed by atoms with Crippen LogP contribution in [0.1, 0.15) is 53.9 Å². The van der Waals surface area contributed by atoms with Crippen molar-refractivity contribution in [3.8, 4) is 0 Å². The summed E-state index contributed by atoms with van der Waals surface area (Å²) in [5.41, 5.74) is 4.34. The lowest BCUT2D eigenvalue weighted by atomic mass is 10.00. The number of thiazole rings is 1. The number of piperidine rings is 1. The highest BCUT2D eigenvalue weighted by atomic mass is 32.1. The molecule has 11 heteroatoms. The maximum absolute atomic E-state index is 13.8. The van der Waals surface area contributed by atoms with Crippen molar-refractivity contribution in [2.75, 3.05) is 31.1 Å². The van der Waals surface area contributed by atoms with Gasteiger partial charge in [0.2, 0.25) is 0 Å². The molecule has 2 aromatic carbocycles. The van der Waals surface area contributed by atoms with Crippen molar-refractivity contribution in [1.82, 2.24) is 20.2 Å². The van der Waals surface area contributed by atoms with Gasteiger partial charge in [-0.1, -0.05) is 44.2 Å². The Morgan fingerprint density at radius 3 is 2.63 bits per heavy atom. The highest BCUT2D eigenvalue weighted by Gasteiger charge is 2.28. The average molecular weight is 606 g/mol. The number of nitrogens with zero attached hydrogens (tertiary/aromatic N) is 4. The van der Waals surface area contributed by atoms with Gasteiger partial charge in [0.1, 0.15) is 12.1 Å². The molecule has 1 aliphatic heterocycles. The molecule has 0 radical (unpaired) electrons. The number of anilines is 1. The van der Waals surface area contributed by atoms with Crippen LogP contribution >= 0.6 is 11.3 Å². The van der Waals surface area contributed by atoms with E-state index in [1.165, 1.54) is 17.8 Å². The standard InChI is InChI=1S/C32H39N5O5S/c1-22(2)18-37(30(39)24-11-12-26-29(16-24)42-31(34-26)36-13-7-4-8-14-36)19-28(38)27(15-23-9-5-3-6-10-23)35-32(40)41-20-25-17-33-21-43-25/h3,5-6,9-12,16-17,21-22,27-28,38H,4,7-8,13-15,18-20H2,1-2H3,(H,35,40)/t27-,28+/m0/s1. The fraction of sp³-hybridized carbons (Fsp3) is 0.438. The normalized spacial score (nSPS) is 14.9. The van der Waals surface area contributed by atoms with Gasteiger partial charge in [-0.05, 0) is 55.4 Å². The fourth-order valence-electron chi connectivity index (χ4n) is 5.28. The summed E-state index contributed by atoms with van der Waals surface area (Å²) in [4.78, 5) is 39.8. The summed E-state index contributed by atoms with van der Waals surface area (Å²) in [6.07, 6.45) is 3.74. The summed E-state index contributed by atoms with van der Waals surface area (Å²) < 4.78 is 11.5. The van der Waals surface area contributed by atoms with Gasteiger partial charge in [-0.2, -0.15) is 4.98 Å². The first-order valence-electron chi connectivity index (χ1n) is 14.8. The van der Waals surface area contributed by atoms with Crippen molar-refractivity contribution in [3.05, 3.63) is 76.2 Å². The molecule has 0 aliphatic carbocycles. The average Bonchev–Trinajstić information content (AvgIpc) is 3.69. The lowest BCUT2D eigenvalue weighted by Gasteiger charge is -2.31. The molecule has 2 amide bonds. The third-order valence-corrected chi connectivity index (χ3v) is 8.18. The van der Waals surface area contributed by atoms with Crippen LogP contribution in [0.3, 0.4) is 0 Å². The quantitative estimate of drug-likeness (QED) is 0.224. The number of aromatic nitrogens is 2. The molecule has 0 bridgehead atoms. The molecular weight excluding hydrogens is 566 g/mol. The number of carbonyl (C=O) groups excluding carboxylic acids is 2. The summed E-state index contributed by atoms with van der Waals surface area (Å²) in [7, 11) is 0. The zero-order valence-corrected chi connectivity index (χ0v) is 25.5. The van der Waals surface area contributed by atoms with Crippen molar-refractivity contribution < 1.29 is 23.8 Å². The van der Waals surface area contributed by atoms with E-state index in [2.05, 4.69) is 20.2 Å². The number of hydrogen-bond donors (Lipinski definition) is 2. The van der Waals surface area contributed by atoms with Gasteiger partial charge >= 0.3 is 6.09 Å². The number of hydrogen-bond acceptors (Lipinski definition) is 9. The van der Waals surface area contributed by atoms with Crippen LogP contribution in [0.5, 0.6) is 0 Å². The van der Waals surface area contributed by atoms with E-state index in [4.69, 9.17) is 9.15 Å². The van der Waals surface area contributed by atoms with Crippen LogP contribution in [-0.2, 0) is 17.8 Å². The number of alkyl carbamates (subject to hydrolysis) is 1. The van der Waals surface area contributed by atoms with Gasteiger partial charge in [-0.15, -0.1) is 11.3 Å². The maximum Gasteiger partial charge on any atom is 0.407 e. The molecule has 5 rings (SSSR count). The predicted octanol–water partition coefficient (Wildman–Crippen LogP) is 5.27. The third kappa shape index (κ3) is 8.32. The second-order valence-electron chi connectivity index (χ2n) is 11.4. The number of ether oxygens (including phenoxy) is 1. The Labute approximate surface area is 255 Å². The van der Waals surface area contributed by atoms with Crippen molar-refractivity contribution in [2.24, 2.45) is 5.92 Å². The first-order valence-corrected chi connectivity index (χ1v) is 15.7. The van der Waals surface area contributed by atoms with Gasteiger partial charge in [0.05, 0.1) is 22.5 Å². The lowest BCUT2D eigenvalue weighted by molar-refractivity contribution is 0.0494. The fourth-order valence-corrected chi connectivity index (χ4v) is 5.78. The van der Waals surface area contributed by atoms with Gasteiger partial charge in [-0.25, -0.2) is 4.79 Å². The molecule has 10 nitrogen and oxygen atoms in total. The van der Waals surface area contributed by atoms with Crippen molar-refractivity contribution in [3.63, 3.8) is 0 Å². The van der Waals surface area contributed by atoms with E-state index in [1.54, 1.807) is 28.7 Å². The Morgan fingerprint density at radius 1 is 1.12 bits per heavy atom. The highest BCUT2D eigenvalue weighted by Crippen LogP contribution is 2.26. The van der Waals surface area contributed by atoms with Crippen molar-refractivity contribution >= 4 is 40.5 Å². The summed E-state index contributed by atoms with van der Waals surface area (Å²) in [5, 5.41) is 14.3. The van der Waals surface area contributed by atoms with Crippen LogP contribution in [0.15, 0.2) is 64.7 Å². The van der Waals surface area contributed by atoms with Crippen LogP contribution in [0.2, 0.25) is 0 Å². The van der Waals surface area contributed by atoms with Crippen molar-refractivity contribution in [1.29, 1.82) is 0 Å². The summed E-state index contributed by atoms with van der Waals surface area (Å²) in [6, 6.07) is 14.8. The second-order valence-corrected chi connectivity index (χ2v) is 12.4. The van der Waals surface area contributed by atoms with Crippen LogP contribution in [-0.4, -0.2) is 70.3 Å². The molecule has 228 valence electrons. The Kier molecular flexibility index (Phi) is 10.3. The molecule has 2 N–H and O–H groups in total. The number of nitrogens with one attached hydrogen (secondary N) is 1. The molecule has 0 saturated carbocycles. The monoisotopic (exact) mass is 605 g/mol. The number of fused-ring (bicyclic) bond motifs is 1.